The van der Waals surface area contributed by atoms with E-state index in [4.69, 9.17) is 0 Å². The van der Waals surface area contributed by atoms with Gasteiger partial charge in [0.1, 0.15) is 5.69 Å². The SMILES string of the molecule is CS(=O)(=O)NCCc1ccc(C(=O)NNC(=O)c2ccccn2)cc1. The molecule has 0 saturated heterocycles. The highest BCUT2D eigenvalue weighted by atomic mass is 32.2. The maximum Gasteiger partial charge on any atom is 0.288 e. The number of carbonyl (C=O) groups excluding carboxylic acids is 2. The van der Waals surface area contributed by atoms with Crippen molar-refractivity contribution < 1.29 is 18.0 Å². The zero-order valence-electron chi connectivity index (χ0n) is 13.5. The first kappa shape index (κ1) is 18.6. The van der Waals surface area contributed by atoms with Crippen molar-refractivity contribution in [1.29, 1.82) is 0 Å². The molecule has 25 heavy (non-hydrogen) atoms. The smallest absolute Gasteiger partial charge is 0.267 e. The molecule has 1 heterocycles. The zero-order valence-corrected chi connectivity index (χ0v) is 14.3. The summed E-state index contributed by atoms with van der Waals surface area (Å²) < 4.78 is 24.4. The van der Waals surface area contributed by atoms with Gasteiger partial charge in [-0.2, -0.15) is 0 Å². The molecule has 0 aliphatic carbocycles. The molecule has 0 aliphatic heterocycles. The molecule has 2 rings (SSSR count). The number of amides is 2. The Labute approximate surface area is 145 Å². The van der Waals surface area contributed by atoms with Crippen molar-refractivity contribution in [3.63, 3.8) is 0 Å². The van der Waals surface area contributed by atoms with E-state index in [-0.39, 0.29) is 12.2 Å². The largest absolute Gasteiger partial charge is 0.288 e. The van der Waals surface area contributed by atoms with E-state index in [2.05, 4.69) is 20.6 Å². The third kappa shape index (κ3) is 6.32. The van der Waals surface area contributed by atoms with Gasteiger partial charge in [-0.05, 0) is 36.2 Å². The summed E-state index contributed by atoms with van der Waals surface area (Å²) in [5.41, 5.74) is 6.03. The molecule has 8 nitrogen and oxygen atoms in total. The number of nitrogens with zero attached hydrogens (tertiary/aromatic N) is 1. The van der Waals surface area contributed by atoms with E-state index in [1.54, 1.807) is 36.4 Å². The molecule has 0 radical (unpaired) electrons. The van der Waals surface area contributed by atoms with Gasteiger partial charge < -0.3 is 0 Å². The van der Waals surface area contributed by atoms with Gasteiger partial charge in [0.2, 0.25) is 10.0 Å². The van der Waals surface area contributed by atoms with Gasteiger partial charge in [-0.3, -0.25) is 25.4 Å². The Kier molecular flexibility index (Phi) is 6.20. The number of pyridine rings is 1. The summed E-state index contributed by atoms with van der Waals surface area (Å²) in [7, 11) is -3.21. The van der Waals surface area contributed by atoms with Crippen molar-refractivity contribution in [3.8, 4) is 0 Å². The van der Waals surface area contributed by atoms with E-state index in [1.807, 2.05) is 0 Å². The van der Waals surface area contributed by atoms with E-state index >= 15 is 0 Å². The van der Waals surface area contributed by atoms with Gasteiger partial charge in [-0.25, -0.2) is 13.1 Å². The Morgan fingerprint density at radius 1 is 1.00 bits per heavy atom. The standard InChI is InChI=1S/C16H18N4O4S/c1-25(23,24)18-11-9-12-5-7-13(8-6-12)15(21)19-20-16(22)14-4-2-3-10-17-14/h2-8,10,18H,9,11H2,1H3,(H,19,21)(H,20,22). The maximum atomic E-state index is 12.0. The number of hydrazine groups is 1. The number of benzene rings is 1. The highest BCUT2D eigenvalue weighted by Gasteiger charge is 2.09. The minimum Gasteiger partial charge on any atom is -0.267 e. The molecule has 2 amide bonds. The first-order valence-electron chi connectivity index (χ1n) is 7.40. The number of nitrogens with one attached hydrogen (secondary N) is 3. The topological polar surface area (TPSA) is 117 Å². The fourth-order valence-corrected chi connectivity index (χ4v) is 2.42. The third-order valence-corrected chi connectivity index (χ3v) is 3.91. The lowest BCUT2D eigenvalue weighted by Crippen LogP contribution is -2.41. The fraction of sp³-hybridized carbons (Fsp3) is 0.188. The summed E-state index contributed by atoms with van der Waals surface area (Å²) in [6, 6.07) is 11.5. The van der Waals surface area contributed by atoms with Crippen LogP contribution in [0.3, 0.4) is 0 Å². The van der Waals surface area contributed by atoms with Crippen LogP contribution in [0.25, 0.3) is 0 Å². The number of aromatic nitrogens is 1. The van der Waals surface area contributed by atoms with Crippen LogP contribution in [0.1, 0.15) is 26.4 Å². The lowest BCUT2D eigenvalue weighted by molar-refractivity contribution is 0.0844. The highest BCUT2D eigenvalue weighted by Crippen LogP contribution is 2.05. The molecule has 0 spiro atoms. The minimum absolute atomic E-state index is 0.191. The van der Waals surface area contributed by atoms with Gasteiger partial charge in [-0.15, -0.1) is 0 Å². The van der Waals surface area contributed by atoms with Crippen LogP contribution in [0.2, 0.25) is 0 Å². The molecular formula is C16H18N4O4S. The molecule has 1 aromatic heterocycles. The van der Waals surface area contributed by atoms with Crippen molar-refractivity contribution in [2.45, 2.75) is 6.42 Å². The summed E-state index contributed by atoms with van der Waals surface area (Å²) in [6.07, 6.45) is 3.08. The number of rotatable bonds is 6. The molecule has 0 aliphatic rings. The van der Waals surface area contributed by atoms with Gasteiger partial charge in [-0.1, -0.05) is 18.2 Å². The van der Waals surface area contributed by atoms with Crippen molar-refractivity contribution in [3.05, 3.63) is 65.5 Å². The van der Waals surface area contributed by atoms with Crippen molar-refractivity contribution >= 4 is 21.8 Å². The monoisotopic (exact) mass is 362 g/mol. The van der Waals surface area contributed by atoms with Gasteiger partial charge in [0.15, 0.2) is 0 Å². The van der Waals surface area contributed by atoms with Crippen LogP contribution >= 0.6 is 0 Å². The van der Waals surface area contributed by atoms with Crippen LogP contribution in [0, 0.1) is 0 Å². The Balaban J connectivity index is 1.85. The number of hydrogen-bond donors (Lipinski definition) is 3. The maximum absolute atomic E-state index is 12.0. The second kappa shape index (κ2) is 8.36. The summed E-state index contributed by atoms with van der Waals surface area (Å²) in [4.78, 5) is 27.7. The Morgan fingerprint density at radius 3 is 2.28 bits per heavy atom. The third-order valence-electron chi connectivity index (χ3n) is 3.18. The zero-order chi connectivity index (χ0) is 18.3. The molecule has 9 heteroatoms. The van der Waals surface area contributed by atoms with Crippen LogP contribution in [-0.2, 0) is 16.4 Å². The van der Waals surface area contributed by atoms with Gasteiger partial charge >= 0.3 is 0 Å². The lowest BCUT2D eigenvalue weighted by Gasteiger charge is -2.08. The normalized spacial score (nSPS) is 10.9. The van der Waals surface area contributed by atoms with E-state index in [0.717, 1.165) is 11.8 Å². The molecule has 132 valence electrons. The van der Waals surface area contributed by atoms with Crippen LogP contribution < -0.4 is 15.6 Å². The van der Waals surface area contributed by atoms with Gasteiger partial charge in [0.25, 0.3) is 11.8 Å². The quantitative estimate of drug-likeness (QED) is 0.637. The first-order valence-corrected chi connectivity index (χ1v) is 9.29. The van der Waals surface area contributed by atoms with E-state index < -0.39 is 21.8 Å². The molecule has 0 atom stereocenters. The average Bonchev–Trinajstić information content (AvgIpc) is 2.59. The van der Waals surface area contributed by atoms with Crippen LogP contribution in [0.4, 0.5) is 0 Å². The Bertz CT molecular complexity index is 836. The minimum atomic E-state index is -3.21. The number of sulfonamides is 1. The lowest BCUT2D eigenvalue weighted by atomic mass is 10.1. The molecule has 2 aromatic rings. The predicted octanol–water partition coefficient (Wildman–Crippen LogP) is 0.248. The summed E-state index contributed by atoms with van der Waals surface area (Å²) in [5, 5.41) is 0. The molecule has 3 N–H and O–H groups in total. The Hall–Kier alpha value is -2.78. The average molecular weight is 362 g/mol. The number of carbonyl (C=O) groups is 2. The molecular weight excluding hydrogens is 344 g/mol. The first-order chi connectivity index (χ1) is 11.8. The molecule has 0 saturated carbocycles. The molecule has 0 fully saturated rings. The van der Waals surface area contributed by atoms with E-state index in [9.17, 15) is 18.0 Å². The summed E-state index contributed by atoms with van der Waals surface area (Å²) >= 11 is 0. The molecule has 1 aromatic carbocycles. The van der Waals surface area contributed by atoms with Crippen molar-refractivity contribution in [2.24, 2.45) is 0 Å². The number of hydrogen-bond acceptors (Lipinski definition) is 5. The van der Waals surface area contributed by atoms with E-state index in [1.165, 1.54) is 12.3 Å². The van der Waals surface area contributed by atoms with Gasteiger partial charge in [0.05, 0.1) is 6.26 Å². The van der Waals surface area contributed by atoms with Crippen molar-refractivity contribution in [1.82, 2.24) is 20.6 Å². The molecule has 0 unspecified atom stereocenters. The molecule has 0 bridgehead atoms. The van der Waals surface area contributed by atoms with Crippen molar-refractivity contribution in [2.75, 3.05) is 12.8 Å². The van der Waals surface area contributed by atoms with Crippen LogP contribution in [0.15, 0.2) is 48.7 Å². The second-order valence-electron chi connectivity index (χ2n) is 5.24. The Morgan fingerprint density at radius 2 is 1.68 bits per heavy atom. The van der Waals surface area contributed by atoms with E-state index in [0.29, 0.717) is 12.0 Å². The highest BCUT2D eigenvalue weighted by molar-refractivity contribution is 7.88. The second-order valence-corrected chi connectivity index (χ2v) is 7.07. The fourth-order valence-electron chi connectivity index (χ4n) is 1.95. The summed E-state index contributed by atoms with van der Waals surface area (Å²) in [6.45, 7) is 0.282. The summed E-state index contributed by atoms with van der Waals surface area (Å²) in [5.74, 6) is -0.984. The predicted molar refractivity (Wildman–Crippen MR) is 92.2 cm³/mol. The van der Waals surface area contributed by atoms with Crippen LogP contribution in [0.5, 0.6) is 0 Å². The van der Waals surface area contributed by atoms with Gasteiger partial charge in [0, 0.05) is 18.3 Å². The van der Waals surface area contributed by atoms with Crippen LogP contribution in [-0.4, -0.2) is 38.0 Å².